The second-order valence-corrected chi connectivity index (χ2v) is 4.46. The Morgan fingerprint density at radius 3 is 2.40 bits per heavy atom. The number of rotatable bonds is 3. The number of hydrogen-bond donors (Lipinski definition) is 1. The van der Waals surface area contributed by atoms with Gasteiger partial charge < -0.3 is 0 Å². The third-order valence-electron chi connectivity index (χ3n) is 2.97. The summed E-state index contributed by atoms with van der Waals surface area (Å²) in [6.07, 6.45) is 0. The first-order valence-electron chi connectivity index (χ1n) is 6.24. The summed E-state index contributed by atoms with van der Waals surface area (Å²) in [5.74, 6) is -0.737. The van der Waals surface area contributed by atoms with Crippen molar-refractivity contribution in [3.8, 4) is 0 Å². The topological polar surface area (TPSA) is 41.5 Å². The molecule has 1 amide bonds. The molecule has 0 fully saturated rings. The van der Waals surface area contributed by atoms with Crippen LogP contribution < -0.4 is 5.43 Å². The van der Waals surface area contributed by atoms with Gasteiger partial charge in [-0.15, -0.1) is 0 Å². The molecule has 0 aliphatic carbocycles. The van der Waals surface area contributed by atoms with Crippen LogP contribution in [0, 0.1) is 12.7 Å². The highest BCUT2D eigenvalue weighted by atomic mass is 19.1. The molecule has 0 heterocycles. The van der Waals surface area contributed by atoms with E-state index in [1.165, 1.54) is 24.3 Å². The van der Waals surface area contributed by atoms with Crippen LogP contribution in [-0.4, -0.2) is 11.6 Å². The van der Waals surface area contributed by atoms with Crippen molar-refractivity contribution >= 4 is 11.6 Å². The molecule has 0 bridgehead atoms. The van der Waals surface area contributed by atoms with Gasteiger partial charge in [-0.05, 0) is 43.7 Å². The number of benzene rings is 2. The van der Waals surface area contributed by atoms with E-state index in [2.05, 4.69) is 10.5 Å². The second kappa shape index (κ2) is 6.10. The first-order valence-corrected chi connectivity index (χ1v) is 6.24. The van der Waals surface area contributed by atoms with Crippen LogP contribution in [0.15, 0.2) is 53.6 Å². The molecule has 3 nitrogen and oxygen atoms in total. The largest absolute Gasteiger partial charge is 0.271 e. The summed E-state index contributed by atoms with van der Waals surface area (Å²) in [6.45, 7) is 3.81. The van der Waals surface area contributed by atoms with Crippen LogP contribution >= 0.6 is 0 Å². The number of hydrogen-bond acceptors (Lipinski definition) is 2. The smallest absolute Gasteiger partial charge is 0.267 e. The fourth-order valence-corrected chi connectivity index (χ4v) is 1.84. The number of aryl methyl sites for hydroxylation is 1. The van der Waals surface area contributed by atoms with Crippen molar-refractivity contribution in [2.75, 3.05) is 0 Å². The zero-order valence-electron chi connectivity index (χ0n) is 11.4. The Morgan fingerprint density at radius 1 is 1.10 bits per heavy atom. The molecule has 20 heavy (non-hydrogen) atoms. The molecule has 0 aromatic heterocycles. The standard InChI is InChI=1S/C16H15FN2O/c1-11-5-3-4-6-15(11)12(2)18-19-16(20)13-7-9-14(17)10-8-13/h3-10H,1-2H3,(H,19,20)/b18-12-. The molecular formula is C16H15FN2O. The molecule has 4 heteroatoms. The predicted molar refractivity (Wildman–Crippen MR) is 77.3 cm³/mol. The van der Waals surface area contributed by atoms with E-state index in [1.54, 1.807) is 0 Å². The minimum absolute atomic E-state index is 0.363. The highest BCUT2D eigenvalue weighted by Crippen LogP contribution is 2.08. The highest BCUT2D eigenvalue weighted by molar-refractivity contribution is 6.01. The van der Waals surface area contributed by atoms with Crippen molar-refractivity contribution < 1.29 is 9.18 Å². The Kier molecular flexibility index (Phi) is 4.25. The Balaban J connectivity index is 2.11. The maximum Gasteiger partial charge on any atom is 0.271 e. The molecule has 0 unspecified atom stereocenters. The Morgan fingerprint density at radius 2 is 1.75 bits per heavy atom. The Bertz CT molecular complexity index is 648. The summed E-state index contributed by atoms with van der Waals surface area (Å²) in [5, 5.41) is 4.08. The molecule has 0 aliphatic rings. The SMILES string of the molecule is C/C(=N/NC(=O)c1ccc(F)cc1)c1ccccc1C. The zero-order chi connectivity index (χ0) is 14.5. The molecule has 102 valence electrons. The summed E-state index contributed by atoms with van der Waals surface area (Å²) in [7, 11) is 0. The first kappa shape index (κ1) is 13.9. The summed E-state index contributed by atoms with van der Waals surface area (Å²) in [5.41, 5.74) is 5.63. The van der Waals surface area contributed by atoms with Gasteiger partial charge >= 0.3 is 0 Å². The van der Waals surface area contributed by atoms with Crippen LogP contribution in [0.3, 0.4) is 0 Å². The van der Waals surface area contributed by atoms with Crippen molar-refractivity contribution in [2.45, 2.75) is 13.8 Å². The number of nitrogens with one attached hydrogen (secondary N) is 1. The van der Waals surface area contributed by atoms with Crippen molar-refractivity contribution in [1.29, 1.82) is 0 Å². The van der Waals surface area contributed by atoms with Crippen LogP contribution in [0.2, 0.25) is 0 Å². The van der Waals surface area contributed by atoms with Crippen LogP contribution in [-0.2, 0) is 0 Å². The van der Waals surface area contributed by atoms with Gasteiger partial charge in [0, 0.05) is 11.1 Å². The molecule has 0 radical (unpaired) electrons. The van der Waals surface area contributed by atoms with E-state index in [1.807, 2.05) is 38.1 Å². The van der Waals surface area contributed by atoms with Gasteiger partial charge in [0.25, 0.3) is 5.91 Å². The van der Waals surface area contributed by atoms with E-state index in [4.69, 9.17) is 0 Å². The van der Waals surface area contributed by atoms with Gasteiger partial charge in [-0.2, -0.15) is 5.10 Å². The van der Waals surface area contributed by atoms with Crippen LogP contribution in [0.25, 0.3) is 0 Å². The maximum atomic E-state index is 12.8. The lowest BCUT2D eigenvalue weighted by atomic mass is 10.1. The quantitative estimate of drug-likeness (QED) is 0.675. The molecule has 0 saturated heterocycles. The van der Waals surface area contributed by atoms with Crippen molar-refractivity contribution in [2.24, 2.45) is 5.10 Å². The van der Waals surface area contributed by atoms with Gasteiger partial charge in [0.05, 0.1) is 5.71 Å². The number of carbonyl (C=O) groups is 1. The average Bonchev–Trinajstić information content (AvgIpc) is 2.45. The van der Waals surface area contributed by atoms with Crippen LogP contribution in [0.1, 0.15) is 28.4 Å². The molecule has 0 atom stereocenters. The van der Waals surface area contributed by atoms with Gasteiger partial charge in [-0.3, -0.25) is 4.79 Å². The summed E-state index contributed by atoms with van der Waals surface area (Å²) < 4.78 is 12.8. The van der Waals surface area contributed by atoms with E-state index >= 15 is 0 Å². The van der Waals surface area contributed by atoms with E-state index in [0.717, 1.165) is 16.8 Å². The van der Waals surface area contributed by atoms with Crippen molar-refractivity contribution in [1.82, 2.24) is 5.43 Å². The minimum Gasteiger partial charge on any atom is -0.267 e. The Labute approximate surface area is 117 Å². The van der Waals surface area contributed by atoms with Gasteiger partial charge in [-0.1, -0.05) is 24.3 Å². The van der Waals surface area contributed by atoms with Crippen molar-refractivity contribution in [3.05, 3.63) is 71.0 Å². The lowest BCUT2D eigenvalue weighted by Crippen LogP contribution is -2.19. The zero-order valence-corrected chi connectivity index (χ0v) is 11.4. The van der Waals surface area contributed by atoms with Gasteiger partial charge in [0.2, 0.25) is 0 Å². The molecule has 0 spiro atoms. The van der Waals surface area contributed by atoms with E-state index < -0.39 is 0 Å². The average molecular weight is 270 g/mol. The van der Waals surface area contributed by atoms with Crippen LogP contribution in [0.4, 0.5) is 4.39 Å². The molecule has 2 rings (SSSR count). The molecule has 2 aromatic rings. The number of amides is 1. The molecule has 0 aliphatic heterocycles. The third-order valence-corrected chi connectivity index (χ3v) is 2.97. The van der Waals surface area contributed by atoms with Crippen molar-refractivity contribution in [3.63, 3.8) is 0 Å². The monoisotopic (exact) mass is 270 g/mol. The number of halogens is 1. The first-order chi connectivity index (χ1) is 9.58. The molecule has 2 aromatic carbocycles. The fourth-order valence-electron chi connectivity index (χ4n) is 1.84. The summed E-state index contributed by atoms with van der Waals surface area (Å²) in [6, 6.07) is 13.1. The normalized spacial score (nSPS) is 11.2. The molecule has 0 saturated carbocycles. The lowest BCUT2D eigenvalue weighted by molar-refractivity contribution is 0.0955. The maximum absolute atomic E-state index is 12.8. The van der Waals surface area contributed by atoms with E-state index in [-0.39, 0.29) is 11.7 Å². The number of nitrogens with zero attached hydrogens (tertiary/aromatic N) is 1. The minimum atomic E-state index is -0.374. The van der Waals surface area contributed by atoms with Gasteiger partial charge in [0.1, 0.15) is 5.82 Å². The Hall–Kier alpha value is -2.49. The fraction of sp³-hybridized carbons (Fsp3) is 0.125. The predicted octanol–water partition coefficient (Wildman–Crippen LogP) is 3.29. The van der Waals surface area contributed by atoms with E-state index in [0.29, 0.717) is 5.56 Å². The van der Waals surface area contributed by atoms with E-state index in [9.17, 15) is 9.18 Å². The summed E-state index contributed by atoms with van der Waals surface area (Å²) >= 11 is 0. The van der Waals surface area contributed by atoms with Gasteiger partial charge in [0.15, 0.2) is 0 Å². The summed E-state index contributed by atoms with van der Waals surface area (Å²) in [4.78, 5) is 11.8. The van der Waals surface area contributed by atoms with Gasteiger partial charge in [-0.25, -0.2) is 9.82 Å². The lowest BCUT2D eigenvalue weighted by Gasteiger charge is -2.05. The molecule has 1 N–H and O–H groups in total. The number of carbonyl (C=O) groups excluding carboxylic acids is 1. The highest BCUT2D eigenvalue weighted by Gasteiger charge is 2.05. The molecular weight excluding hydrogens is 255 g/mol. The van der Waals surface area contributed by atoms with Crippen LogP contribution in [0.5, 0.6) is 0 Å². The number of hydrazone groups is 1. The third kappa shape index (κ3) is 3.29. The second-order valence-electron chi connectivity index (χ2n) is 4.46.